The van der Waals surface area contributed by atoms with Crippen LogP contribution in [-0.2, 0) is 28.8 Å². The predicted octanol–water partition coefficient (Wildman–Crippen LogP) is 5.47. The van der Waals surface area contributed by atoms with Crippen molar-refractivity contribution >= 4 is 47.3 Å². The molecule has 7 rings (SSSR count). The molecule has 2 aliphatic heterocycles. The minimum absolute atomic E-state index is 0.266. The Balaban J connectivity index is 0.867. The van der Waals surface area contributed by atoms with Crippen molar-refractivity contribution in [2.75, 3.05) is 40.3 Å². The summed E-state index contributed by atoms with van der Waals surface area (Å²) >= 11 is 0. The molecule has 2 fully saturated rings. The molecule has 0 aliphatic carbocycles. The molecule has 8 amide bonds. The van der Waals surface area contributed by atoms with Gasteiger partial charge in [0.25, 0.3) is 11.8 Å². The standard InChI is InChI=1S/C64H80N10O8/c1-43(65-3)57(75)69-51(63(81)73-41-21-33-53(73)61(79)71-55(45-23-9-5-10-24-45)46-25-11-6-12-26-46)31-17-19-39-67-59(77)49-35-37-50(38-36-49)60(78)68-40-20-18-32-52(70-58(76)44(2)66-4)64(82)74-42-22-34-54(74)62(80)72-56(47-27-13-7-14-28-47)48-29-15-8-16-30-48/h5-16,23-30,35-38,43-44,51-56,65-66H,17-22,31-34,39-42H2,1-4H3,(H,67,77)(H,68,78)(H,69,75)(H,70,76)(H,71,79)(H,72,80)/t43-,44-,51-,52-,53-,54-/m0/s1. The van der Waals surface area contributed by atoms with Gasteiger partial charge in [-0.05, 0) is 139 Å². The Bertz CT molecular complexity index is 2620. The molecule has 18 nitrogen and oxygen atoms in total. The number of benzene rings is 5. The van der Waals surface area contributed by atoms with Crippen LogP contribution in [0.2, 0.25) is 0 Å². The first-order valence-electron chi connectivity index (χ1n) is 28.8. The van der Waals surface area contributed by atoms with Crippen LogP contribution in [0.1, 0.15) is 133 Å². The summed E-state index contributed by atoms with van der Waals surface area (Å²) in [4.78, 5) is 113. The Kier molecular flexibility index (Phi) is 23.3. The third-order valence-corrected chi connectivity index (χ3v) is 15.5. The van der Waals surface area contributed by atoms with Crippen LogP contribution in [0.5, 0.6) is 0 Å². The number of rotatable bonds is 28. The highest BCUT2D eigenvalue weighted by Crippen LogP contribution is 2.28. The van der Waals surface area contributed by atoms with Gasteiger partial charge in [0.1, 0.15) is 24.2 Å². The number of nitrogens with one attached hydrogen (secondary N) is 8. The number of carbonyl (C=O) groups excluding carboxylic acids is 8. The first-order valence-corrected chi connectivity index (χ1v) is 28.8. The van der Waals surface area contributed by atoms with Crippen molar-refractivity contribution in [1.82, 2.24) is 52.3 Å². The minimum atomic E-state index is -0.888. The number of nitrogens with zero attached hydrogens (tertiary/aromatic N) is 2. The second-order valence-corrected chi connectivity index (χ2v) is 21.1. The predicted molar refractivity (Wildman–Crippen MR) is 315 cm³/mol. The van der Waals surface area contributed by atoms with Gasteiger partial charge >= 0.3 is 0 Å². The van der Waals surface area contributed by atoms with Crippen LogP contribution < -0.4 is 42.5 Å². The Morgan fingerprint density at radius 2 is 0.756 bits per heavy atom. The van der Waals surface area contributed by atoms with E-state index in [9.17, 15) is 38.4 Å². The van der Waals surface area contributed by atoms with E-state index in [4.69, 9.17) is 0 Å². The first kappa shape index (κ1) is 61.4. The fourth-order valence-corrected chi connectivity index (χ4v) is 10.5. The fraction of sp³-hybridized carbons (Fsp3) is 0.406. The molecule has 18 heteroatoms. The highest BCUT2D eigenvalue weighted by molar-refractivity contribution is 5.98. The van der Waals surface area contributed by atoms with E-state index < -0.39 is 48.3 Å². The van der Waals surface area contributed by atoms with E-state index in [0.717, 1.165) is 22.3 Å². The summed E-state index contributed by atoms with van der Waals surface area (Å²) in [6, 6.07) is 39.8. The zero-order chi connectivity index (χ0) is 58.4. The molecule has 6 atom stereocenters. The number of hydrogen-bond acceptors (Lipinski definition) is 10. The third-order valence-electron chi connectivity index (χ3n) is 15.5. The molecule has 0 saturated carbocycles. The average Bonchev–Trinajstić information content (AvgIpc) is 4.42. The molecule has 0 bridgehead atoms. The molecular weight excluding hydrogens is 1040 g/mol. The van der Waals surface area contributed by atoms with Crippen LogP contribution >= 0.6 is 0 Å². The van der Waals surface area contributed by atoms with Crippen LogP contribution in [-0.4, -0.2) is 134 Å². The lowest BCUT2D eigenvalue weighted by Gasteiger charge is -2.30. The molecule has 2 saturated heterocycles. The topological polar surface area (TPSA) is 239 Å². The van der Waals surface area contributed by atoms with Gasteiger partial charge in [-0.3, -0.25) is 38.4 Å². The summed E-state index contributed by atoms with van der Waals surface area (Å²) in [5.41, 5.74) is 4.37. The van der Waals surface area contributed by atoms with Crippen LogP contribution in [0.15, 0.2) is 146 Å². The number of hydrogen-bond donors (Lipinski definition) is 8. The maximum atomic E-state index is 14.3. The Labute approximate surface area is 481 Å². The van der Waals surface area contributed by atoms with E-state index in [1.807, 2.05) is 121 Å². The van der Waals surface area contributed by atoms with Gasteiger partial charge in [0.05, 0.1) is 24.2 Å². The van der Waals surface area contributed by atoms with E-state index in [0.29, 0.717) is 102 Å². The normalized spacial score (nSPS) is 16.4. The van der Waals surface area contributed by atoms with Gasteiger partial charge in [-0.1, -0.05) is 121 Å². The Morgan fingerprint density at radius 3 is 1.06 bits per heavy atom. The van der Waals surface area contributed by atoms with Gasteiger partial charge in [-0.15, -0.1) is 0 Å². The van der Waals surface area contributed by atoms with Crippen molar-refractivity contribution in [3.63, 3.8) is 0 Å². The minimum Gasteiger partial charge on any atom is -0.352 e. The van der Waals surface area contributed by atoms with Crippen molar-refractivity contribution < 1.29 is 38.4 Å². The number of amides is 8. The van der Waals surface area contributed by atoms with Crippen molar-refractivity contribution in [3.05, 3.63) is 179 Å². The van der Waals surface area contributed by atoms with E-state index >= 15 is 0 Å². The molecule has 434 valence electrons. The van der Waals surface area contributed by atoms with Crippen LogP contribution in [0, 0.1) is 0 Å². The summed E-state index contributed by atoms with van der Waals surface area (Å²) in [7, 11) is 3.32. The summed E-state index contributed by atoms with van der Waals surface area (Å²) in [5.74, 6) is -2.54. The summed E-state index contributed by atoms with van der Waals surface area (Å²) < 4.78 is 0. The molecular formula is C64H80N10O8. The second-order valence-electron chi connectivity index (χ2n) is 21.1. The van der Waals surface area contributed by atoms with Gasteiger partial charge in [0.2, 0.25) is 35.4 Å². The molecule has 5 aromatic carbocycles. The lowest BCUT2D eigenvalue weighted by molar-refractivity contribution is -0.142. The van der Waals surface area contributed by atoms with Crippen LogP contribution in [0.25, 0.3) is 0 Å². The van der Waals surface area contributed by atoms with E-state index in [1.165, 1.54) is 0 Å². The molecule has 0 aromatic heterocycles. The van der Waals surface area contributed by atoms with Crippen LogP contribution in [0.4, 0.5) is 0 Å². The maximum absolute atomic E-state index is 14.3. The van der Waals surface area contributed by atoms with Gasteiger partial charge in [-0.2, -0.15) is 0 Å². The molecule has 0 radical (unpaired) electrons. The maximum Gasteiger partial charge on any atom is 0.251 e. The quantitative estimate of drug-likeness (QED) is 0.0294. The molecule has 8 N–H and O–H groups in total. The monoisotopic (exact) mass is 1120 g/mol. The van der Waals surface area contributed by atoms with Crippen molar-refractivity contribution in [2.24, 2.45) is 0 Å². The largest absolute Gasteiger partial charge is 0.352 e. The van der Waals surface area contributed by atoms with Crippen LogP contribution in [0.3, 0.4) is 0 Å². The van der Waals surface area contributed by atoms with Crippen molar-refractivity contribution in [1.29, 1.82) is 0 Å². The third kappa shape index (κ3) is 16.9. The SMILES string of the molecule is CN[C@@H](C)C(=O)N[C@@H](CCCCNC(=O)c1ccc(C(=O)NCCCC[C@H](NC(=O)[C@H](C)NC)C(=O)N2CCC[C@H]2C(=O)NC(c2ccccc2)c2ccccc2)cc1)C(=O)N1CCC[C@H]1C(=O)NC(c1ccccc1)c1ccccc1. The van der Waals surface area contributed by atoms with E-state index in [-0.39, 0.29) is 47.3 Å². The molecule has 2 aliphatic rings. The van der Waals surface area contributed by atoms with Gasteiger partial charge < -0.3 is 52.3 Å². The van der Waals surface area contributed by atoms with Crippen molar-refractivity contribution in [2.45, 2.75) is 126 Å². The Morgan fingerprint density at radius 1 is 0.439 bits per heavy atom. The summed E-state index contributed by atoms with van der Waals surface area (Å²) in [6.45, 7) is 4.75. The Hall–Kier alpha value is -8.22. The lowest BCUT2D eigenvalue weighted by Crippen LogP contribution is -2.55. The number of likely N-dealkylation sites (tertiary alicyclic amines) is 2. The van der Waals surface area contributed by atoms with Gasteiger partial charge in [0.15, 0.2) is 0 Å². The molecule has 5 aromatic rings. The molecule has 82 heavy (non-hydrogen) atoms. The highest BCUT2D eigenvalue weighted by atomic mass is 16.2. The number of carbonyl (C=O) groups is 8. The molecule has 0 unspecified atom stereocenters. The molecule has 2 heterocycles. The number of likely N-dealkylation sites (N-methyl/N-ethyl adjacent to an activating group) is 2. The fourth-order valence-electron chi connectivity index (χ4n) is 10.5. The summed E-state index contributed by atoms with van der Waals surface area (Å²) in [5, 5.41) is 23.9. The second kappa shape index (κ2) is 31.1. The zero-order valence-corrected chi connectivity index (χ0v) is 47.5. The first-order chi connectivity index (χ1) is 39.8. The average molecular weight is 1120 g/mol. The van der Waals surface area contributed by atoms with E-state index in [1.54, 1.807) is 62.0 Å². The van der Waals surface area contributed by atoms with Gasteiger partial charge in [0, 0.05) is 37.3 Å². The van der Waals surface area contributed by atoms with E-state index in [2.05, 4.69) is 42.5 Å². The smallest absolute Gasteiger partial charge is 0.251 e. The zero-order valence-electron chi connectivity index (χ0n) is 47.5. The lowest BCUT2D eigenvalue weighted by atomic mass is 9.98. The van der Waals surface area contributed by atoms with Gasteiger partial charge in [-0.25, -0.2) is 0 Å². The summed E-state index contributed by atoms with van der Waals surface area (Å²) in [6.07, 6.45) is 4.82. The number of unbranched alkanes of at least 4 members (excludes halogenated alkanes) is 2. The highest BCUT2D eigenvalue weighted by Gasteiger charge is 2.40. The molecule has 0 spiro atoms. The van der Waals surface area contributed by atoms with Crippen molar-refractivity contribution in [3.8, 4) is 0 Å².